The van der Waals surface area contributed by atoms with E-state index in [-0.39, 0.29) is 0 Å². The molecule has 0 bridgehead atoms. The number of nitrogen functional groups attached to an aromatic ring is 1. The second kappa shape index (κ2) is 3.91. The fourth-order valence-electron chi connectivity index (χ4n) is 2.37. The minimum atomic E-state index is 0.413. The van der Waals surface area contributed by atoms with Crippen molar-refractivity contribution in [2.24, 2.45) is 0 Å². The van der Waals surface area contributed by atoms with Gasteiger partial charge in [0.1, 0.15) is 0 Å². The first-order valence-electron chi connectivity index (χ1n) is 5.34. The Morgan fingerprint density at radius 1 is 1.12 bits per heavy atom. The molecule has 2 aromatic rings. The van der Waals surface area contributed by atoms with Crippen LogP contribution in [-0.2, 0) is 12.8 Å². The Morgan fingerprint density at radius 2 is 1.88 bits per heavy atom. The van der Waals surface area contributed by atoms with E-state index < -0.39 is 0 Å². The third kappa shape index (κ3) is 1.59. The van der Waals surface area contributed by atoms with Gasteiger partial charge in [0.05, 0.1) is 20.6 Å². The molecule has 0 radical (unpaired) electrons. The summed E-state index contributed by atoms with van der Waals surface area (Å²) in [5, 5.41) is 2.03. The van der Waals surface area contributed by atoms with Crippen LogP contribution in [0.25, 0.3) is 10.9 Å². The van der Waals surface area contributed by atoms with Crippen LogP contribution in [0.2, 0.25) is 15.1 Å². The van der Waals surface area contributed by atoms with Crippen LogP contribution in [0.1, 0.15) is 17.7 Å². The zero-order valence-electron chi connectivity index (χ0n) is 8.86. The number of hydrogen-bond donors (Lipinski definition) is 1. The first kappa shape index (κ1) is 11.4. The van der Waals surface area contributed by atoms with Crippen molar-refractivity contribution in [1.82, 2.24) is 4.98 Å². The predicted molar refractivity (Wildman–Crippen MR) is 73.2 cm³/mol. The second-order valence-electron chi connectivity index (χ2n) is 4.18. The first-order chi connectivity index (χ1) is 8.09. The van der Waals surface area contributed by atoms with Gasteiger partial charge >= 0.3 is 0 Å². The minimum absolute atomic E-state index is 0.413. The molecule has 0 unspecified atom stereocenters. The third-order valence-electron chi connectivity index (χ3n) is 3.18. The standard InChI is InChI=1S/C12H9Cl3N2/c13-6-4-7(14)12-9(10(6)15)11(16)5-2-1-3-8(5)17-12/h4H,1-3H2,(H2,16,17). The van der Waals surface area contributed by atoms with Gasteiger partial charge < -0.3 is 5.73 Å². The molecule has 0 spiro atoms. The molecule has 0 amide bonds. The van der Waals surface area contributed by atoms with Crippen LogP contribution in [0, 0.1) is 0 Å². The van der Waals surface area contributed by atoms with E-state index in [1.165, 1.54) is 0 Å². The highest BCUT2D eigenvalue weighted by molar-refractivity contribution is 6.48. The summed E-state index contributed by atoms with van der Waals surface area (Å²) in [6.45, 7) is 0. The lowest BCUT2D eigenvalue weighted by Crippen LogP contribution is -1.99. The zero-order valence-corrected chi connectivity index (χ0v) is 11.1. The molecule has 0 atom stereocenters. The van der Waals surface area contributed by atoms with Crippen molar-refractivity contribution in [3.05, 3.63) is 32.4 Å². The van der Waals surface area contributed by atoms with Crippen molar-refractivity contribution in [3.63, 3.8) is 0 Å². The highest BCUT2D eigenvalue weighted by atomic mass is 35.5. The van der Waals surface area contributed by atoms with Crippen molar-refractivity contribution in [2.45, 2.75) is 19.3 Å². The molecular weight excluding hydrogens is 279 g/mol. The summed E-state index contributed by atoms with van der Waals surface area (Å²) in [5.41, 5.74) is 9.63. The van der Waals surface area contributed by atoms with Gasteiger partial charge in [0, 0.05) is 16.8 Å². The van der Waals surface area contributed by atoms with E-state index in [9.17, 15) is 0 Å². The van der Waals surface area contributed by atoms with E-state index in [2.05, 4.69) is 4.98 Å². The summed E-state index contributed by atoms with van der Waals surface area (Å²) in [6, 6.07) is 1.61. The number of halogens is 3. The number of aryl methyl sites for hydroxylation is 1. The fourth-order valence-corrected chi connectivity index (χ4v) is 3.12. The monoisotopic (exact) mass is 286 g/mol. The molecule has 2 nitrogen and oxygen atoms in total. The van der Waals surface area contributed by atoms with Crippen molar-refractivity contribution in [2.75, 3.05) is 5.73 Å². The van der Waals surface area contributed by atoms with E-state index in [1.807, 2.05) is 0 Å². The Balaban J connectivity index is 2.52. The molecular formula is C12H9Cl3N2. The number of anilines is 1. The number of benzene rings is 1. The molecule has 0 aliphatic heterocycles. The summed E-state index contributed by atoms with van der Waals surface area (Å²) < 4.78 is 0. The zero-order chi connectivity index (χ0) is 12.2. The minimum Gasteiger partial charge on any atom is -0.398 e. The van der Waals surface area contributed by atoms with Crippen LogP contribution >= 0.6 is 34.8 Å². The Labute approximate surface area is 114 Å². The van der Waals surface area contributed by atoms with Gasteiger partial charge in [0.25, 0.3) is 0 Å². The van der Waals surface area contributed by atoms with E-state index >= 15 is 0 Å². The summed E-state index contributed by atoms with van der Waals surface area (Å²) >= 11 is 18.4. The van der Waals surface area contributed by atoms with Crippen molar-refractivity contribution < 1.29 is 0 Å². The lowest BCUT2D eigenvalue weighted by atomic mass is 10.1. The van der Waals surface area contributed by atoms with Gasteiger partial charge in [-0.3, -0.25) is 4.98 Å². The summed E-state index contributed by atoms with van der Waals surface area (Å²) in [4.78, 5) is 4.56. The second-order valence-corrected chi connectivity index (χ2v) is 5.37. The molecule has 0 saturated heterocycles. The van der Waals surface area contributed by atoms with Crippen LogP contribution < -0.4 is 5.73 Å². The number of fused-ring (bicyclic) bond motifs is 2. The van der Waals surface area contributed by atoms with Gasteiger partial charge in [-0.05, 0) is 30.9 Å². The molecule has 1 aromatic carbocycles. The number of aromatic nitrogens is 1. The lowest BCUT2D eigenvalue weighted by Gasteiger charge is -2.11. The Bertz CT molecular complexity index is 638. The van der Waals surface area contributed by atoms with E-state index in [4.69, 9.17) is 40.5 Å². The highest BCUT2D eigenvalue weighted by Gasteiger charge is 2.21. The maximum Gasteiger partial charge on any atom is 0.0928 e. The van der Waals surface area contributed by atoms with Crippen LogP contribution in [0.15, 0.2) is 6.07 Å². The maximum atomic E-state index is 6.19. The summed E-state index contributed by atoms with van der Waals surface area (Å²) in [6.07, 6.45) is 2.97. The van der Waals surface area contributed by atoms with Crippen LogP contribution in [-0.4, -0.2) is 4.98 Å². The third-order valence-corrected chi connectivity index (χ3v) is 4.25. The largest absolute Gasteiger partial charge is 0.398 e. The molecule has 3 rings (SSSR count). The highest BCUT2D eigenvalue weighted by Crippen LogP contribution is 2.41. The van der Waals surface area contributed by atoms with Gasteiger partial charge in [-0.2, -0.15) is 0 Å². The number of hydrogen-bond acceptors (Lipinski definition) is 2. The number of nitrogens with zero attached hydrogens (tertiary/aromatic N) is 1. The van der Waals surface area contributed by atoms with E-state index in [0.29, 0.717) is 31.7 Å². The van der Waals surface area contributed by atoms with Crippen molar-refractivity contribution in [3.8, 4) is 0 Å². The van der Waals surface area contributed by atoms with Crippen molar-refractivity contribution >= 4 is 51.4 Å². The average Bonchev–Trinajstić information content (AvgIpc) is 2.74. The topological polar surface area (TPSA) is 38.9 Å². The molecule has 1 heterocycles. The molecule has 2 N–H and O–H groups in total. The first-order valence-corrected chi connectivity index (χ1v) is 6.47. The summed E-state index contributed by atoms with van der Waals surface area (Å²) in [7, 11) is 0. The van der Waals surface area contributed by atoms with Gasteiger partial charge in [-0.15, -0.1) is 0 Å². The molecule has 1 aliphatic rings. The number of pyridine rings is 1. The number of rotatable bonds is 0. The van der Waals surface area contributed by atoms with Crippen LogP contribution in [0.5, 0.6) is 0 Å². The smallest absolute Gasteiger partial charge is 0.0928 e. The Morgan fingerprint density at radius 3 is 2.65 bits per heavy atom. The van der Waals surface area contributed by atoms with Crippen molar-refractivity contribution in [1.29, 1.82) is 0 Å². The molecule has 1 aromatic heterocycles. The fraction of sp³-hybridized carbons (Fsp3) is 0.250. The van der Waals surface area contributed by atoms with Gasteiger partial charge in [0.2, 0.25) is 0 Å². The van der Waals surface area contributed by atoms with E-state index in [1.54, 1.807) is 6.07 Å². The molecule has 0 fully saturated rings. The van der Waals surface area contributed by atoms with Crippen LogP contribution in [0.4, 0.5) is 5.69 Å². The molecule has 0 saturated carbocycles. The Hall–Kier alpha value is -0.700. The molecule has 5 heteroatoms. The van der Waals surface area contributed by atoms with Gasteiger partial charge in [-0.25, -0.2) is 0 Å². The van der Waals surface area contributed by atoms with Crippen LogP contribution in [0.3, 0.4) is 0 Å². The average molecular weight is 288 g/mol. The lowest BCUT2D eigenvalue weighted by molar-refractivity contribution is 0.901. The van der Waals surface area contributed by atoms with Gasteiger partial charge in [0.15, 0.2) is 0 Å². The van der Waals surface area contributed by atoms with Gasteiger partial charge in [-0.1, -0.05) is 34.8 Å². The predicted octanol–water partition coefficient (Wildman–Crippen LogP) is 4.27. The Kier molecular flexibility index (Phi) is 2.62. The number of nitrogens with two attached hydrogens (primary N) is 1. The van der Waals surface area contributed by atoms with E-state index in [0.717, 1.165) is 30.5 Å². The molecule has 17 heavy (non-hydrogen) atoms. The SMILES string of the molecule is Nc1c2c(nc3c(Cl)cc(Cl)c(Cl)c13)CCC2. The molecule has 1 aliphatic carbocycles. The summed E-state index contributed by atoms with van der Waals surface area (Å²) in [5.74, 6) is 0. The normalized spacial score (nSPS) is 14.3. The quantitative estimate of drug-likeness (QED) is 0.735. The maximum absolute atomic E-state index is 6.19. The molecule has 88 valence electrons.